The second-order valence-electron chi connectivity index (χ2n) is 6.68. The number of rotatable bonds is 5. The van der Waals surface area contributed by atoms with E-state index < -0.39 is 0 Å². The summed E-state index contributed by atoms with van der Waals surface area (Å²) in [5.74, 6) is -0.150. The Morgan fingerprint density at radius 3 is 2.92 bits per heavy atom. The first-order valence-corrected chi connectivity index (χ1v) is 8.76. The Bertz CT molecular complexity index is 778. The zero-order chi connectivity index (χ0) is 17.9. The van der Waals surface area contributed by atoms with Gasteiger partial charge in [-0.3, -0.25) is 14.1 Å². The fourth-order valence-corrected chi connectivity index (χ4v) is 3.17. The van der Waals surface area contributed by atoms with Crippen molar-refractivity contribution in [1.82, 2.24) is 19.6 Å². The molecule has 0 aromatic carbocycles. The summed E-state index contributed by atoms with van der Waals surface area (Å²) in [4.78, 5) is 18.8. The van der Waals surface area contributed by atoms with Gasteiger partial charge in [0.05, 0.1) is 18.9 Å². The SMILES string of the molecule is CC(C)(CNC(=O)/C=C/c1c(Cl)nc2ccccn12)N1CCOCC1. The van der Waals surface area contributed by atoms with E-state index in [-0.39, 0.29) is 11.4 Å². The van der Waals surface area contributed by atoms with Crippen LogP contribution < -0.4 is 5.32 Å². The van der Waals surface area contributed by atoms with Gasteiger partial charge in [-0.25, -0.2) is 4.98 Å². The van der Waals surface area contributed by atoms with Crippen LogP contribution in [0.4, 0.5) is 0 Å². The third-order valence-electron chi connectivity index (χ3n) is 4.48. The Balaban J connectivity index is 1.62. The van der Waals surface area contributed by atoms with Gasteiger partial charge in [0, 0.05) is 37.4 Å². The Labute approximate surface area is 152 Å². The molecule has 6 nitrogen and oxygen atoms in total. The molecule has 134 valence electrons. The van der Waals surface area contributed by atoms with Crippen LogP contribution in [0.15, 0.2) is 30.5 Å². The number of nitrogens with one attached hydrogen (secondary N) is 1. The van der Waals surface area contributed by atoms with Gasteiger partial charge in [0.2, 0.25) is 5.91 Å². The first-order valence-electron chi connectivity index (χ1n) is 8.39. The lowest BCUT2D eigenvalue weighted by Crippen LogP contribution is -2.55. The Morgan fingerprint density at radius 1 is 1.40 bits per heavy atom. The molecule has 3 rings (SSSR count). The summed E-state index contributed by atoms with van der Waals surface area (Å²) in [5, 5.41) is 3.35. The zero-order valence-electron chi connectivity index (χ0n) is 14.5. The number of amides is 1. The van der Waals surface area contributed by atoms with Gasteiger partial charge in [-0.15, -0.1) is 0 Å². The average molecular weight is 363 g/mol. The molecular weight excluding hydrogens is 340 g/mol. The van der Waals surface area contributed by atoms with Crippen molar-refractivity contribution in [2.24, 2.45) is 0 Å². The predicted molar refractivity (Wildman–Crippen MR) is 98.7 cm³/mol. The largest absolute Gasteiger partial charge is 0.379 e. The van der Waals surface area contributed by atoms with Gasteiger partial charge in [0.15, 0.2) is 5.15 Å². The maximum atomic E-state index is 12.2. The first kappa shape index (κ1) is 17.9. The molecule has 1 N–H and O–H groups in total. The van der Waals surface area contributed by atoms with E-state index in [9.17, 15) is 4.79 Å². The summed E-state index contributed by atoms with van der Waals surface area (Å²) < 4.78 is 7.24. The van der Waals surface area contributed by atoms with Gasteiger partial charge in [0.1, 0.15) is 5.65 Å². The van der Waals surface area contributed by atoms with Crippen LogP contribution in [0.3, 0.4) is 0 Å². The lowest BCUT2D eigenvalue weighted by molar-refractivity contribution is -0.117. The van der Waals surface area contributed by atoms with Crippen LogP contribution in [0, 0.1) is 0 Å². The van der Waals surface area contributed by atoms with Gasteiger partial charge in [-0.05, 0) is 32.1 Å². The monoisotopic (exact) mass is 362 g/mol. The van der Waals surface area contributed by atoms with Crippen LogP contribution in [-0.4, -0.2) is 58.6 Å². The molecule has 0 spiro atoms. The van der Waals surface area contributed by atoms with Gasteiger partial charge in [0.25, 0.3) is 0 Å². The molecule has 0 aliphatic carbocycles. The molecule has 25 heavy (non-hydrogen) atoms. The fourth-order valence-electron chi connectivity index (χ4n) is 2.93. The Kier molecular flexibility index (Phi) is 5.42. The number of aromatic nitrogens is 2. The summed E-state index contributed by atoms with van der Waals surface area (Å²) in [5.41, 5.74) is 1.33. The molecule has 0 atom stereocenters. The highest BCUT2D eigenvalue weighted by molar-refractivity contribution is 6.31. The number of carbonyl (C=O) groups is 1. The van der Waals surface area contributed by atoms with Crippen molar-refractivity contribution < 1.29 is 9.53 Å². The molecule has 7 heteroatoms. The highest BCUT2D eigenvalue weighted by Gasteiger charge is 2.28. The summed E-state index contributed by atoms with van der Waals surface area (Å²) in [6.45, 7) is 8.07. The van der Waals surface area contributed by atoms with Crippen molar-refractivity contribution in [1.29, 1.82) is 0 Å². The highest BCUT2D eigenvalue weighted by Crippen LogP contribution is 2.19. The van der Waals surface area contributed by atoms with E-state index in [1.54, 1.807) is 6.08 Å². The minimum Gasteiger partial charge on any atom is -0.379 e. The Hall–Kier alpha value is -1.89. The van der Waals surface area contributed by atoms with Crippen LogP contribution in [0.25, 0.3) is 11.7 Å². The molecule has 0 bridgehead atoms. The molecule has 3 heterocycles. The van der Waals surface area contributed by atoms with Gasteiger partial charge >= 0.3 is 0 Å². The summed E-state index contributed by atoms with van der Waals surface area (Å²) >= 11 is 6.17. The van der Waals surface area contributed by atoms with Crippen LogP contribution in [-0.2, 0) is 9.53 Å². The van der Waals surface area contributed by atoms with Crippen LogP contribution in [0.1, 0.15) is 19.5 Å². The molecule has 0 radical (unpaired) electrons. The van der Waals surface area contributed by atoms with Crippen LogP contribution >= 0.6 is 11.6 Å². The van der Waals surface area contributed by atoms with Crippen molar-refractivity contribution in [3.8, 4) is 0 Å². The molecule has 0 unspecified atom stereocenters. The lowest BCUT2D eigenvalue weighted by Gasteiger charge is -2.40. The minimum absolute atomic E-state index is 0.117. The number of hydrogen-bond acceptors (Lipinski definition) is 4. The summed E-state index contributed by atoms with van der Waals surface area (Å²) in [7, 11) is 0. The number of imidazole rings is 1. The van der Waals surface area contributed by atoms with Crippen LogP contribution in [0.2, 0.25) is 5.15 Å². The van der Waals surface area contributed by atoms with E-state index in [2.05, 4.69) is 29.0 Å². The number of morpholine rings is 1. The fraction of sp³-hybridized carbons (Fsp3) is 0.444. The van der Waals surface area contributed by atoms with Crippen molar-refractivity contribution in [2.45, 2.75) is 19.4 Å². The predicted octanol–water partition coefficient (Wildman–Crippen LogP) is 2.23. The number of hydrogen-bond donors (Lipinski definition) is 1. The number of carbonyl (C=O) groups excluding carboxylic acids is 1. The van der Waals surface area contributed by atoms with Gasteiger partial charge in [-0.2, -0.15) is 0 Å². The smallest absolute Gasteiger partial charge is 0.244 e. The van der Waals surface area contributed by atoms with E-state index in [0.29, 0.717) is 17.4 Å². The second-order valence-corrected chi connectivity index (χ2v) is 7.04. The van der Waals surface area contributed by atoms with Crippen molar-refractivity contribution in [3.63, 3.8) is 0 Å². The van der Waals surface area contributed by atoms with Crippen molar-refractivity contribution in [3.05, 3.63) is 41.3 Å². The van der Waals surface area contributed by atoms with Crippen molar-refractivity contribution >= 4 is 29.2 Å². The first-order chi connectivity index (χ1) is 12.0. The summed E-state index contributed by atoms with van der Waals surface area (Å²) in [6, 6.07) is 5.66. The molecule has 1 saturated heterocycles. The maximum Gasteiger partial charge on any atom is 0.244 e. The summed E-state index contributed by atoms with van der Waals surface area (Å²) in [6.07, 6.45) is 5.06. The van der Waals surface area contributed by atoms with Gasteiger partial charge in [-0.1, -0.05) is 17.7 Å². The average Bonchev–Trinajstić information content (AvgIpc) is 2.94. The van der Waals surface area contributed by atoms with Gasteiger partial charge < -0.3 is 10.1 Å². The number of nitrogens with zero attached hydrogens (tertiary/aromatic N) is 3. The standard InChI is InChI=1S/C18H23ClN4O2/c1-18(2,22-9-11-25-12-10-22)13-20-16(24)7-6-14-17(19)21-15-5-3-4-8-23(14)15/h3-8H,9-13H2,1-2H3,(H,20,24)/b7-6+. The minimum atomic E-state index is -0.150. The highest BCUT2D eigenvalue weighted by atomic mass is 35.5. The van der Waals surface area contributed by atoms with E-state index in [1.807, 2.05) is 28.8 Å². The van der Waals surface area contributed by atoms with E-state index in [0.717, 1.165) is 32.0 Å². The molecular formula is C18H23ClN4O2. The number of halogens is 1. The van der Waals surface area contributed by atoms with Crippen LogP contribution in [0.5, 0.6) is 0 Å². The quantitative estimate of drug-likeness (QED) is 0.829. The van der Waals surface area contributed by atoms with E-state index >= 15 is 0 Å². The molecule has 2 aromatic rings. The second kappa shape index (κ2) is 7.56. The zero-order valence-corrected chi connectivity index (χ0v) is 15.3. The molecule has 0 saturated carbocycles. The third-order valence-corrected chi connectivity index (χ3v) is 4.76. The number of ether oxygens (including phenoxy) is 1. The number of fused-ring (bicyclic) bond motifs is 1. The molecule has 1 amide bonds. The van der Waals surface area contributed by atoms with Crippen molar-refractivity contribution in [2.75, 3.05) is 32.8 Å². The molecule has 1 aliphatic rings. The lowest BCUT2D eigenvalue weighted by atomic mass is 10.0. The number of pyridine rings is 1. The third kappa shape index (κ3) is 4.21. The molecule has 1 fully saturated rings. The van der Waals surface area contributed by atoms with E-state index in [4.69, 9.17) is 16.3 Å². The normalized spacial score (nSPS) is 16.6. The molecule has 1 aliphatic heterocycles. The van der Waals surface area contributed by atoms with E-state index in [1.165, 1.54) is 6.08 Å². The topological polar surface area (TPSA) is 58.9 Å². The molecule has 2 aromatic heterocycles. The maximum absolute atomic E-state index is 12.2. The Morgan fingerprint density at radius 2 is 2.16 bits per heavy atom.